The molecule has 0 radical (unpaired) electrons. The van der Waals surface area contributed by atoms with E-state index < -0.39 is 0 Å². The number of nitrogens with zero attached hydrogens (tertiary/aromatic N) is 2. The van der Waals surface area contributed by atoms with E-state index in [0.717, 1.165) is 43.3 Å². The van der Waals surface area contributed by atoms with Crippen LogP contribution in [0.5, 0.6) is 0 Å². The number of aliphatic hydroxyl groups is 1. The maximum atomic E-state index is 12.3. The van der Waals surface area contributed by atoms with Gasteiger partial charge >= 0.3 is 0 Å². The zero-order valence-corrected chi connectivity index (χ0v) is 16.2. The molecule has 1 aromatic heterocycles. The SMILES string of the molecule is Cc1csc(N2CCC(C(=O)NCC3CNCC3O)CC2)n1.Cl.Cl. The van der Waals surface area contributed by atoms with Crippen molar-refractivity contribution in [3.63, 3.8) is 0 Å². The summed E-state index contributed by atoms with van der Waals surface area (Å²) in [6, 6.07) is 0. The second-order valence-corrected chi connectivity index (χ2v) is 7.10. The van der Waals surface area contributed by atoms with Crippen LogP contribution in [-0.2, 0) is 4.79 Å². The van der Waals surface area contributed by atoms with Gasteiger partial charge < -0.3 is 20.6 Å². The molecule has 9 heteroatoms. The van der Waals surface area contributed by atoms with Gasteiger partial charge in [-0.1, -0.05) is 0 Å². The summed E-state index contributed by atoms with van der Waals surface area (Å²) in [5.74, 6) is 0.361. The second kappa shape index (κ2) is 9.77. The quantitative estimate of drug-likeness (QED) is 0.712. The van der Waals surface area contributed by atoms with E-state index in [1.165, 1.54) is 0 Å². The van der Waals surface area contributed by atoms with E-state index in [1.54, 1.807) is 11.3 Å². The molecular weight excluding hydrogens is 371 g/mol. The lowest BCUT2D eigenvalue weighted by atomic mass is 9.96. The van der Waals surface area contributed by atoms with Crippen molar-refractivity contribution >= 4 is 47.2 Å². The first kappa shape index (κ1) is 21.4. The number of halogens is 2. The number of carbonyl (C=O) groups is 1. The average Bonchev–Trinajstić information content (AvgIpc) is 3.13. The standard InChI is InChI=1S/C15H24N4O2S.2ClH/c1-10-9-22-15(18-10)19-4-2-11(3-5-19)14(21)17-7-12-6-16-8-13(12)20;;/h9,11-13,16,20H,2-8H2,1H3,(H,17,21);2*1H. The van der Waals surface area contributed by atoms with Crippen LogP contribution in [0.4, 0.5) is 5.13 Å². The maximum Gasteiger partial charge on any atom is 0.223 e. The molecule has 0 spiro atoms. The zero-order chi connectivity index (χ0) is 15.5. The number of anilines is 1. The van der Waals surface area contributed by atoms with Gasteiger partial charge in [0.05, 0.1) is 11.8 Å². The van der Waals surface area contributed by atoms with Crippen LogP contribution in [0.15, 0.2) is 5.38 Å². The van der Waals surface area contributed by atoms with Crippen LogP contribution in [0.3, 0.4) is 0 Å². The number of β-amino-alcohol motifs (C(OH)–C–C–N with tert-alkyl or cyclic N) is 1. The van der Waals surface area contributed by atoms with E-state index in [-0.39, 0.29) is 48.7 Å². The smallest absolute Gasteiger partial charge is 0.223 e. The molecule has 24 heavy (non-hydrogen) atoms. The molecule has 3 N–H and O–H groups in total. The Kier molecular flexibility index (Phi) is 8.73. The molecule has 138 valence electrons. The highest BCUT2D eigenvalue weighted by molar-refractivity contribution is 7.13. The Morgan fingerprint density at radius 2 is 2.12 bits per heavy atom. The summed E-state index contributed by atoms with van der Waals surface area (Å²) in [4.78, 5) is 19.0. The molecule has 2 aliphatic rings. The third kappa shape index (κ3) is 5.20. The Morgan fingerprint density at radius 1 is 1.42 bits per heavy atom. The van der Waals surface area contributed by atoms with Gasteiger partial charge in [-0.3, -0.25) is 4.79 Å². The number of aromatic nitrogens is 1. The normalized spacial score (nSPS) is 24.2. The third-order valence-electron chi connectivity index (χ3n) is 4.59. The van der Waals surface area contributed by atoms with Crippen LogP contribution in [0.2, 0.25) is 0 Å². The van der Waals surface area contributed by atoms with Crippen molar-refractivity contribution in [3.8, 4) is 0 Å². The van der Waals surface area contributed by atoms with Crippen molar-refractivity contribution in [3.05, 3.63) is 11.1 Å². The Balaban J connectivity index is 0.00000144. The lowest BCUT2D eigenvalue weighted by Gasteiger charge is -2.31. The van der Waals surface area contributed by atoms with Crippen LogP contribution in [0.1, 0.15) is 18.5 Å². The molecule has 6 nitrogen and oxygen atoms in total. The van der Waals surface area contributed by atoms with Crippen molar-refractivity contribution < 1.29 is 9.90 Å². The number of piperidine rings is 1. The molecule has 0 aromatic carbocycles. The summed E-state index contributed by atoms with van der Waals surface area (Å²) in [7, 11) is 0. The van der Waals surface area contributed by atoms with Crippen LogP contribution >= 0.6 is 36.2 Å². The van der Waals surface area contributed by atoms with Gasteiger partial charge in [-0.25, -0.2) is 4.98 Å². The molecule has 2 fully saturated rings. The van der Waals surface area contributed by atoms with E-state index in [2.05, 4.69) is 25.9 Å². The highest BCUT2D eigenvalue weighted by atomic mass is 35.5. The lowest BCUT2D eigenvalue weighted by Crippen LogP contribution is -2.42. The number of hydrogen-bond acceptors (Lipinski definition) is 6. The Bertz CT molecular complexity index is 523. The molecule has 2 aliphatic heterocycles. The van der Waals surface area contributed by atoms with Crippen molar-refractivity contribution in [2.45, 2.75) is 25.9 Å². The zero-order valence-electron chi connectivity index (χ0n) is 13.7. The molecule has 1 amide bonds. The fraction of sp³-hybridized carbons (Fsp3) is 0.733. The number of amides is 1. The maximum absolute atomic E-state index is 12.3. The summed E-state index contributed by atoms with van der Waals surface area (Å²) >= 11 is 1.67. The van der Waals surface area contributed by atoms with Gasteiger partial charge in [0.2, 0.25) is 5.91 Å². The minimum atomic E-state index is -0.338. The molecule has 1 aromatic rings. The number of rotatable bonds is 4. The van der Waals surface area contributed by atoms with Gasteiger partial charge in [-0.15, -0.1) is 36.2 Å². The summed E-state index contributed by atoms with van der Waals surface area (Å²) in [5, 5.41) is 19.0. The van der Waals surface area contributed by atoms with Crippen LogP contribution in [-0.4, -0.2) is 54.8 Å². The van der Waals surface area contributed by atoms with E-state index in [4.69, 9.17) is 0 Å². The van der Waals surface area contributed by atoms with Crippen LogP contribution in [0, 0.1) is 18.8 Å². The third-order valence-corrected chi connectivity index (χ3v) is 5.61. The first-order valence-electron chi connectivity index (χ1n) is 7.97. The van der Waals surface area contributed by atoms with Gasteiger partial charge in [0, 0.05) is 49.9 Å². The summed E-state index contributed by atoms with van der Waals surface area (Å²) in [6.07, 6.45) is 1.40. The van der Waals surface area contributed by atoms with E-state index in [1.807, 2.05) is 6.92 Å². The van der Waals surface area contributed by atoms with Gasteiger partial charge in [-0.05, 0) is 19.8 Å². The summed E-state index contributed by atoms with van der Waals surface area (Å²) in [6.45, 7) is 5.76. The number of aliphatic hydroxyl groups excluding tert-OH is 1. The topological polar surface area (TPSA) is 77.5 Å². The molecule has 0 aliphatic carbocycles. The first-order chi connectivity index (χ1) is 10.6. The molecule has 0 bridgehead atoms. The molecule has 2 atom stereocenters. The number of hydrogen-bond donors (Lipinski definition) is 3. The van der Waals surface area contributed by atoms with E-state index in [0.29, 0.717) is 13.1 Å². The van der Waals surface area contributed by atoms with Crippen molar-refractivity contribution in [2.75, 3.05) is 37.6 Å². The predicted octanol–water partition coefficient (Wildman–Crippen LogP) is 1.21. The second-order valence-electron chi connectivity index (χ2n) is 6.26. The molecule has 3 heterocycles. The largest absolute Gasteiger partial charge is 0.391 e. The van der Waals surface area contributed by atoms with Crippen molar-refractivity contribution in [2.24, 2.45) is 11.8 Å². The van der Waals surface area contributed by atoms with Gasteiger partial charge in [0.15, 0.2) is 5.13 Å². The first-order valence-corrected chi connectivity index (χ1v) is 8.85. The highest BCUT2D eigenvalue weighted by Gasteiger charge is 2.29. The molecule has 3 rings (SSSR count). The molecular formula is C15H26Cl2N4O2S. The number of aryl methyl sites for hydroxylation is 1. The summed E-state index contributed by atoms with van der Waals surface area (Å²) < 4.78 is 0. The van der Waals surface area contributed by atoms with Gasteiger partial charge in [0.1, 0.15) is 0 Å². The average molecular weight is 397 g/mol. The number of nitrogens with one attached hydrogen (secondary N) is 2. The summed E-state index contributed by atoms with van der Waals surface area (Å²) in [5.41, 5.74) is 1.06. The minimum absolute atomic E-state index is 0. The lowest BCUT2D eigenvalue weighted by molar-refractivity contribution is -0.125. The highest BCUT2D eigenvalue weighted by Crippen LogP contribution is 2.26. The number of carbonyl (C=O) groups excluding carboxylic acids is 1. The Labute approximate surface area is 159 Å². The minimum Gasteiger partial charge on any atom is -0.391 e. The predicted molar refractivity (Wildman–Crippen MR) is 102 cm³/mol. The molecule has 2 saturated heterocycles. The molecule has 2 unspecified atom stereocenters. The van der Waals surface area contributed by atoms with Gasteiger partial charge in [0.25, 0.3) is 0 Å². The molecule has 0 saturated carbocycles. The Morgan fingerprint density at radius 3 is 2.67 bits per heavy atom. The number of thiazole rings is 1. The van der Waals surface area contributed by atoms with Gasteiger partial charge in [-0.2, -0.15) is 0 Å². The van der Waals surface area contributed by atoms with E-state index >= 15 is 0 Å². The van der Waals surface area contributed by atoms with Crippen molar-refractivity contribution in [1.29, 1.82) is 0 Å². The fourth-order valence-electron chi connectivity index (χ4n) is 3.12. The van der Waals surface area contributed by atoms with Crippen molar-refractivity contribution in [1.82, 2.24) is 15.6 Å². The van der Waals surface area contributed by atoms with E-state index in [9.17, 15) is 9.90 Å². The monoisotopic (exact) mass is 396 g/mol. The van der Waals surface area contributed by atoms with Crippen LogP contribution in [0.25, 0.3) is 0 Å². The fourth-order valence-corrected chi connectivity index (χ4v) is 3.98. The Hall–Kier alpha value is -0.600. The van der Waals surface area contributed by atoms with Crippen LogP contribution < -0.4 is 15.5 Å².